The molecule has 5 nitrogen and oxygen atoms in total. The van der Waals surface area contributed by atoms with Crippen LogP contribution in [0, 0.1) is 65.1 Å². The lowest BCUT2D eigenvalue weighted by Gasteiger charge is -2.32. The van der Waals surface area contributed by atoms with E-state index in [-0.39, 0.29) is 13.2 Å². The van der Waals surface area contributed by atoms with E-state index in [1.54, 1.807) is 0 Å². The second-order valence-electron chi connectivity index (χ2n) is 15.5. The molecule has 0 heterocycles. The minimum Gasteiger partial charge on any atom is -0.394 e. The fourth-order valence-corrected chi connectivity index (χ4v) is 8.16. The maximum absolute atomic E-state index is 9.36. The van der Waals surface area contributed by atoms with E-state index in [1.807, 2.05) is 0 Å². The monoisotopic (exact) mass is 671 g/mol. The Hall–Kier alpha value is -1.08. The molecule has 0 aliphatic heterocycles. The molecule has 5 heteroatoms. The first kappa shape index (κ1) is 41.3. The molecule has 0 aromatic rings. The van der Waals surface area contributed by atoms with Crippen molar-refractivity contribution in [3.63, 3.8) is 0 Å². The molecule has 0 spiro atoms. The normalized spacial score (nSPS) is 28.2. The molecule has 4 atom stereocenters. The first-order valence-corrected chi connectivity index (χ1v) is 20.6. The van der Waals surface area contributed by atoms with Crippen LogP contribution in [0.1, 0.15) is 155 Å². The average Bonchev–Trinajstić information content (AvgIpc) is 3.12. The van der Waals surface area contributed by atoms with Gasteiger partial charge in [0.1, 0.15) is 6.10 Å². The summed E-state index contributed by atoms with van der Waals surface area (Å²) < 4.78 is 17.2. The highest BCUT2D eigenvalue weighted by atomic mass is 16.5. The van der Waals surface area contributed by atoms with Crippen molar-refractivity contribution in [1.29, 1.82) is 0 Å². The lowest BCUT2D eigenvalue weighted by molar-refractivity contribution is -0.0268. The lowest BCUT2D eigenvalue weighted by atomic mass is 9.73. The quantitative estimate of drug-likeness (QED) is 0.0888. The van der Waals surface area contributed by atoms with Gasteiger partial charge in [-0.2, -0.15) is 0 Å². The molecule has 3 aliphatic rings. The first-order chi connectivity index (χ1) is 23.6. The highest BCUT2D eigenvalue weighted by Crippen LogP contribution is 2.36. The van der Waals surface area contributed by atoms with Gasteiger partial charge in [0.2, 0.25) is 0 Å². The molecule has 3 saturated carbocycles. The summed E-state index contributed by atoms with van der Waals surface area (Å²) in [5.74, 6) is 19.5. The standard InChI is InChI=1S/C43H74O5/c1-3-5-7-8-9-11-13-37-14-18-38(19-15-37)22-23-40-25-27-41(26-24-39-20-16-36(17-21-39)12-10-6-4-2)42(32-40)34-47-30-28-46-29-31-48-35-43(45)33-44/h36-45H,3-21,25,27-35H2,1-2H3. The van der Waals surface area contributed by atoms with Crippen LogP contribution in [-0.2, 0) is 14.2 Å². The summed E-state index contributed by atoms with van der Waals surface area (Å²) >= 11 is 0. The Morgan fingerprint density at radius 2 is 1.06 bits per heavy atom. The molecule has 0 radical (unpaired) electrons. The van der Waals surface area contributed by atoms with E-state index in [0.29, 0.717) is 56.0 Å². The van der Waals surface area contributed by atoms with Crippen LogP contribution in [0.25, 0.3) is 0 Å². The highest BCUT2D eigenvalue weighted by molar-refractivity contribution is 5.14. The van der Waals surface area contributed by atoms with Gasteiger partial charge in [0, 0.05) is 23.7 Å². The topological polar surface area (TPSA) is 68.2 Å². The van der Waals surface area contributed by atoms with Gasteiger partial charge in [0.15, 0.2) is 0 Å². The van der Waals surface area contributed by atoms with Crippen LogP contribution in [0.15, 0.2) is 0 Å². The number of unbranched alkanes of at least 4 members (excludes halogenated alkanes) is 7. The van der Waals surface area contributed by atoms with Gasteiger partial charge in [-0.3, -0.25) is 0 Å². The molecular weight excluding hydrogens is 596 g/mol. The van der Waals surface area contributed by atoms with Crippen LogP contribution in [0.2, 0.25) is 0 Å². The Balaban J connectivity index is 1.42. The molecule has 3 aliphatic carbocycles. The van der Waals surface area contributed by atoms with E-state index in [1.165, 1.54) is 128 Å². The lowest BCUT2D eigenvalue weighted by Crippen LogP contribution is -2.28. The number of aliphatic hydroxyl groups excluding tert-OH is 2. The Morgan fingerprint density at radius 1 is 0.562 bits per heavy atom. The van der Waals surface area contributed by atoms with E-state index < -0.39 is 6.10 Å². The van der Waals surface area contributed by atoms with Gasteiger partial charge in [0.05, 0.1) is 46.2 Å². The SMILES string of the molecule is CCCCCCCCC1CCC(C#CC2CCC(C#CC3CCC(CCCCC)CC3)C(COCCOCCOCC(O)CO)C2)CC1. The molecule has 4 unspecified atom stereocenters. The largest absolute Gasteiger partial charge is 0.394 e. The van der Waals surface area contributed by atoms with Crippen LogP contribution >= 0.6 is 0 Å². The van der Waals surface area contributed by atoms with E-state index in [2.05, 4.69) is 37.5 Å². The summed E-state index contributed by atoms with van der Waals surface area (Å²) in [5, 5.41) is 18.2. The maximum Gasteiger partial charge on any atom is 0.100 e. The molecule has 0 amide bonds. The summed E-state index contributed by atoms with van der Waals surface area (Å²) in [5.41, 5.74) is 0. The number of aliphatic hydroxyl groups is 2. The van der Waals surface area contributed by atoms with Crippen LogP contribution in [0.5, 0.6) is 0 Å². The van der Waals surface area contributed by atoms with E-state index in [4.69, 9.17) is 19.3 Å². The van der Waals surface area contributed by atoms with Gasteiger partial charge < -0.3 is 24.4 Å². The molecule has 3 fully saturated rings. The predicted molar refractivity (Wildman–Crippen MR) is 198 cm³/mol. The Kier molecular flexibility index (Phi) is 23.0. The van der Waals surface area contributed by atoms with Crippen molar-refractivity contribution in [1.82, 2.24) is 0 Å². The van der Waals surface area contributed by atoms with E-state index in [0.717, 1.165) is 31.3 Å². The third kappa shape index (κ3) is 18.2. The molecule has 0 aromatic heterocycles. The van der Waals surface area contributed by atoms with Crippen molar-refractivity contribution in [2.24, 2.45) is 41.4 Å². The number of hydrogen-bond acceptors (Lipinski definition) is 5. The highest BCUT2D eigenvalue weighted by Gasteiger charge is 2.30. The summed E-state index contributed by atoms with van der Waals surface area (Å²) in [7, 11) is 0. The van der Waals surface area contributed by atoms with Crippen molar-refractivity contribution in [3.05, 3.63) is 0 Å². The van der Waals surface area contributed by atoms with Crippen molar-refractivity contribution in [2.75, 3.05) is 46.2 Å². The zero-order valence-electron chi connectivity index (χ0n) is 31.2. The first-order valence-electron chi connectivity index (χ1n) is 20.6. The van der Waals surface area contributed by atoms with Crippen LogP contribution < -0.4 is 0 Å². The van der Waals surface area contributed by atoms with E-state index in [9.17, 15) is 5.11 Å². The van der Waals surface area contributed by atoms with Crippen LogP contribution in [0.3, 0.4) is 0 Å². The van der Waals surface area contributed by atoms with Crippen molar-refractivity contribution < 1.29 is 24.4 Å². The molecule has 48 heavy (non-hydrogen) atoms. The van der Waals surface area contributed by atoms with Crippen molar-refractivity contribution in [3.8, 4) is 23.7 Å². The second kappa shape index (κ2) is 26.7. The maximum atomic E-state index is 9.36. The summed E-state index contributed by atoms with van der Waals surface area (Å²) in [4.78, 5) is 0. The third-order valence-electron chi connectivity index (χ3n) is 11.4. The Bertz CT molecular complexity index is 898. The molecule has 0 aromatic carbocycles. The van der Waals surface area contributed by atoms with Gasteiger partial charge >= 0.3 is 0 Å². The van der Waals surface area contributed by atoms with Crippen molar-refractivity contribution >= 4 is 0 Å². The van der Waals surface area contributed by atoms with Crippen LogP contribution in [-0.4, -0.2) is 62.6 Å². The molecule has 276 valence electrons. The van der Waals surface area contributed by atoms with E-state index >= 15 is 0 Å². The Morgan fingerprint density at radius 3 is 1.71 bits per heavy atom. The molecule has 2 N–H and O–H groups in total. The minimum atomic E-state index is -0.825. The minimum absolute atomic E-state index is 0.130. The Labute approximate surface area is 296 Å². The zero-order valence-corrected chi connectivity index (χ0v) is 31.2. The molecule has 0 saturated heterocycles. The van der Waals surface area contributed by atoms with Gasteiger partial charge in [-0.1, -0.05) is 108 Å². The van der Waals surface area contributed by atoms with Gasteiger partial charge in [0.25, 0.3) is 0 Å². The van der Waals surface area contributed by atoms with Crippen molar-refractivity contribution in [2.45, 2.75) is 161 Å². The summed E-state index contributed by atoms with van der Waals surface area (Å²) in [6.07, 6.45) is 28.7. The third-order valence-corrected chi connectivity index (χ3v) is 11.4. The van der Waals surface area contributed by atoms with Gasteiger partial charge in [-0.25, -0.2) is 0 Å². The van der Waals surface area contributed by atoms with Gasteiger partial charge in [-0.05, 0) is 88.4 Å². The smallest absolute Gasteiger partial charge is 0.100 e. The fraction of sp³-hybridized carbons (Fsp3) is 0.907. The predicted octanol–water partition coefficient (Wildman–Crippen LogP) is 9.37. The number of ether oxygens (including phenoxy) is 3. The summed E-state index contributed by atoms with van der Waals surface area (Å²) in [6, 6.07) is 0. The number of hydrogen-bond donors (Lipinski definition) is 2. The molecule has 0 bridgehead atoms. The fourth-order valence-electron chi connectivity index (χ4n) is 8.16. The molecule has 3 rings (SSSR count). The van der Waals surface area contributed by atoms with Crippen LogP contribution in [0.4, 0.5) is 0 Å². The van der Waals surface area contributed by atoms with Gasteiger partial charge in [-0.15, -0.1) is 0 Å². The second-order valence-corrected chi connectivity index (χ2v) is 15.5. The average molecular weight is 671 g/mol. The zero-order chi connectivity index (χ0) is 34.1. The number of rotatable bonds is 22. The summed E-state index contributed by atoms with van der Waals surface area (Å²) in [6.45, 7) is 7.13. The molecular formula is C43H74O5.